The minimum atomic E-state index is 0.0779. The Morgan fingerprint density at radius 1 is 1.00 bits per heavy atom. The fourth-order valence-electron chi connectivity index (χ4n) is 3.25. The first kappa shape index (κ1) is 16.4. The van der Waals surface area contributed by atoms with Crippen LogP contribution in [0.3, 0.4) is 0 Å². The maximum Gasteiger partial charge on any atom is 0.254 e. The largest absolute Gasteiger partial charge is 0.497 e. The number of nitrogens with zero attached hydrogens (tertiary/aromatic N) is 2. The summed E-state index contributed by atoms with van der Waals surface area (Å²) in [4.78, 5) is 17.0. The number of hydrogen-bond donors (Lipinski definition) is 0. The van der Waals surface area contributed by atoms with Crippen LogP contribution in [0.2, 0.25) is 0 Å². The molecule has 0 atom stereocenters. The molecular weight excluding hydrogens is 300 g/mol. The standard InChI is InChI=1S/C20H24N2O2/c1-15-7-8-19(16(2)13-15)21-9-11-22(12-10-21)20(23)17-5-4-6-18(14-17)24-3/h4-8,13-14H,9-12H2,1-3H3. The summed E-state index contributed by atoms with van der Waals surface area (Å²) in [5.41, 5.74) is 4.54. The average molecular weight is 324 g/mol. The van der Waals surface area contributed by atoms with Crippen molar-refractivity contribution in [1.29, 1.82) is 0 Å². The normalized spacial score (nSPS) is 14.6. The van der Waals surface area contributed by atoms with Gasteiger partial charge in [-0.2, -0.15) is 0 Å². The van der Waals surface area contributed by atoms with Crippen LogP contribution in [0.4, 0.5) is 5.69 Å². The third kappa shape index (κ3) is 3.37. The molecule has 24 heavy (non-hydrogen) atoms. The lowest BCUT2D eigenvalue weighted by Gasteiger charge is -2.37. The number of amides is 1. The lowest BCUT2D eigenvalue weighted by atomic mass is 10.1. The SMILES string of the molecule is COc1cccc(C(=O)N2CCN(c3ccc(C)cc3C)CC2)c1. The van der Waals surface area contributed by atoms with Crippen LogP contribution >= 0.6 is 0 Å². The number of anilines is 1. The van der Waals surface area contributed by atoms with Crippen molar-refractivity contribution in [1.82, 2.24) is 4.90 Å². The summed E-state index contributed by atoms with van der Waals surface area (Å²) in [7, 11) is 1.62. The molecule has 0 saturated carbocycles. The first-order valence-electron chi connectivity index (χ1n) is 8.34. The Morgan fingerprint density at radius 3 is 2.42 bits per heavy atom. The summed E-state index contributed by atoms with van der Waals surface area (Å²) < 4.78 is 5.21. The van der Waals surface area contributed by atoms with Crippen molar-refractivity contribution in [2.75, 3.05) is 38.2 Å². The Hall–Kier alpha value is -2.49. The van der Waals surface area contributed by atoms with Crippen LogP contribution in [0, 0.1) is 13.8 Å². The molecule has 1 fully saturated rings. The number of methoxy groups -OCH3 is 1. The average Bonchev–Trinajstić information content (AvgIpc) is 2.61. The van der Waals surface area contributed by atoms with Crippen LogP contribution in [0.1, 0.15) is 21.5 Å². The molecule has 0 aromatic heterocycles. The number of carbonyl (C=O) groups is 1. The minimum Gasteiger partial charge on any atom is -0.497 e. The van der Waals surface area contributed by atoms with Gasteiger partial charge in [0.2, 0.25) is 0 Å². The first-order valence-corrected chi connectivity index (χ1v) is 8.34. The third-order valence-corrected chi connectivity index (χ3v) is 4.58. The number of rotatable bonds is 3. The van der Waals surface area contributed by atoms with Gasteiger partial charge in [-0.15, -0.1) is 0 Å². The molecule has 1 saturated heterocycles. The molecule has 0 N–H and O–H groups in total. The molecule has 1 aliphatic heterocycles. The van der Waals surface area contributed by atoms with Gasteiger partial charge in [-0.1, -0.05) is 23.8 Å². The van der Waals surface area contributed by atoms with Crippen molar-refractivity contribution < 1.29 is 9.53 Å². The fraction of sp³-hybridized carbons (Fsp3) is 0.350. The Kier molecular flexibility index (Phi) is 4.74. The lowest BCUT2D eigenvalue weighted by Crippen LogP contribution is -2.49. The van der Waals surface area contributed by atoms with Gasteiger partial charge < -0.3 is 14.5 Å². The zero-order valence-electron chi connectivity index (χ0n) is 14.6. The molecule has 0 unspecified atom stereocenters. The van der Waals surface area contributed by atoms with Crippen molar-refractivity contribution in [2.24, 2.45) is 0 Å². The van der Waals surface area contributed by atoms with Crippen molar-refractivity contribution in [3.05, 3.63) is 59.2 Å². The maximum absolute atomic E-state index is 12.7. The van der Waals surface area contributed by atoms with Crippen molar-refractivity contribution in [2.45, 2.75) is 13.8 Å². The molecular formula is C20H24N2O2. The highest BCUT2D eigenvalue weighted by Gasteiger charge is 2.23. The lowest BCUT2D eigenvalue weighted by molar-refractivity contribution is 0.0746. The molecule has 4 heteroatoms. The van der Waals surface area contributed by atoms with E-state index in [-0.39, 0.29) is 5.91 Å². The van der Waals surface area contributed by atoms with Gasteiger partial charge in [-0.25, -0.2) is 0 Å². The van der Waals surface area contributed by atoms with E-state index in [0.717, 1.165) is 31.9 Å². The second-order valence-electron chi connectivity index (χ2n) is 6.30. The topological polar surface area (TPSA) is 32.8 Å². The highest BCUT2D eigenvalue weighted by Crippen LogP contribution is 2.23. The van der Waals surface area contributed by atoms with E-state index in [1.165, 1.54) is 16.8 Å². The molecule has 0 aliphatic carbocycles. The highest BCUT2D eigenvalue weighted by atomic mass is 16.5. The number of aryl methyl sites for hydroxylation is 2. The number of hydrogen-bond acceptors (Lipinski definition) is 3. The molecule has 0 spiro atoms. The molecule has 1 aliphatic rings. The van der Waals surface area contributed by atoms with Gasteiger partial charge in [0.05, 0.1) is 7.11 Å². The van der Waals surface area contributed by atoms with E-state index >= 15 is 0 Å². The molecule has 2 aromatic carbocycles. The molecule has 1 heterocycles. The third-order valence-electron chi connectivity index (χ3n) is 4.58. The van der Waals surface area contributed by atoms with Gasteiger partial charge in [0.1, 0.15) is 5.75 Å². The summed E-state index contributed by atoms with van der Waals surface area (Å²) in [5, 5.41) is 0. The van der Waals surface area contributed by atoms with Crippen LogP contribution in [0.15, 0.2) is 42.5 Å². The van der Waals surface area contributed by atoms with E-state index in [1.54, 1.807) is 13.2 Å². The Balaban J connectivity index is 1.67. The zero-order valence-corrected chi connectivity index (χ0v) is 14.6. The minimum absolute atomic E-state index is 0.0779. The zero-order chi connectivity index (χ0) is 17.1. The van der Waals surface area contributed by atoms with Gasteiger partial charge in [0, 0.05) is 37.4 Å². The summed E-state index contributed by atoms with van der Waals surface area (Å²) in [6, 6.07) is 13.9. The van der Waals surface area contributed by atoms with Crippen LogP contribution in [-0.2, 0) is 0 Å². The predicted molar refractivity (Wildman–Crippen MR) is 97.0 cm³/mol. The van der Waals surface area contributed by atoms with Crippen LogP contribution in [0.5, 0.6) is 5.75 Å². The molecule has 1 amide bonds. The van der Waals surface area contributed by atoms with E-state index < -0.39 is 0 Å². The number of carbonyl (C=O) groups excluding carboxylic acids is 1. The fourth-order valence-corrected chi connectivity index (χ4v) is 3.25. The van der Waals surface area contributed by atoms with Gasteiger partial charge in [0.15, 0.2) is 0 Å². The summed E-state index contributed by atoms with van der Waals surface area (Å²) >= 11 is 0. The van der Waals surface area contributed by atoms with Crippen molar-refractivity contribution >= 4 is 11.6 Å². The number of benzene rings is 2. The molecule has 0 radical (unpaired) electrons. The van der Waals surface area contributed by atoms with Gasteiger partial charge in [-0.3, -0.25) is 4.79 Å². The Labute approximate surface area is 143 Å². The van der Waals surface area contributed by atoms with Crippen molar-refractivity contribution in [3.63, 3.8) is 0 Å². The Morgan fingerprint density at radius 2 is 1.75 bits per heavy atom. The molecule has 0 bridgehead atoms. The molecule has 2 aromatic rings. The highest BCUT2D eigenvalue weighted by molar-refractivity contribution is 5.94. The molecule has 4 nitrogen and oxygen atoms in total. The van der Waals surface area contributed by atoms with Crippen molar-refractivity contribution in [3.8, 4) is 5.75 Å². The summed E-state index contributed by atoms with van der Waals surface area (Å²) in [6.07, 6.45) is 0. The predicted octanol–water partition coefficient (Wildman–Crippen LogP) is 3.27. The van der Waals surface area contributed by atoms with Crippen LogP contribution < -0.4 is 9.64 Å². The quantitative estimate of drug-likeness (QED) is 0.869. The van der Waals surface area contributed by atoms with E-state index in [4.69, 9.17) is 4.74 Å². The first-order chi connectivity index (χ1) is 11.6. The van der Waals surface area contributed by atoms with Crippen LogP contribution in [-0.4, -0.2) is 44.1 Å². The number of piperazine rings is 1. The van der Waals surface area contributed by atoms with E-state index in [9.17, 15) is 4.79 Å². The van der Waals surface area contributed by atoms with E-state index in [0.29, 0.717) is 5.56 Å². The van der Waals surface area contributed by atoms with E-state index in [2.05, 4.69) is 36.9 Å². The Bertz CT molecular complexity index is 734. The number of ether oxygens (including phenoxy) is 1. The van der Waals surface area contributed by atoms with Gasteiger partial charge in [-0.05, 0) is 43.7 Å². The summed E-state index contributed by atoms with van der Waals surface area (Å²) in [5.74, 6) is 0.795. The maximum atomic E-state index is 12.7. The van der Waals surface area contributed by atoms with E-state index in [1.807, 2.05) is 23.1 Å². The summed E-state index contributed by atoms with van der Waals surface area (Å²) in [6.45, 7) is 7.46. The van der Waals surface area contributed by atoms with Gasteiger partial charge in [0.25, 0.3) is 5.91 Å². The second kappa shape index (κ2) is 6.95. The second-order valence-corrected chi connectivity index (χ2v) is 6.30. The molecule has 126 valence electrons. The molecule has 3 rings (SSSR count). The smallest absolute Gasteiger partial charge is 0.254 e. The van der Waals surface area contributed by atoms with Gasteiger partial charge >= 0.3 is 0 Å². The van der Waals surface area contributed by atoms with Crippen LogP contribution in [0.25, 0.3) is 0 Å². The monoisotopic (exact) mass is 324 g/mol.